The third-order valence-electron chi connectivity index (χ3n) is 2.51. The lowest BCUT2D eigenvalue weighted by atomic mass is 10.0. The standard InChI is InChI=1S/C14H8I2O2/c15-13(17)11-5-1-3-9(7-11)10-4-2-6-12(8-10)14(16)18/h1-8H. The van der Waals surface area contributed by atoms with Gasteiger partial charge in [-0.25, -0.2) is 0 Å². The van der Waals surface area contributed by atoms with Gasteiger partial charge in [0.25, 0.3) is 0 Å². The van der Waals surface area contributed by atoms with Crippen LogP contribution in [-0.2, 0) is 0 Å². The molecule has 4 heteroatoms. The van der Waals surface area contributed by atoms with Gasteiger partial charge in [0.2, 0.25) is 7.58 Å². The van der Waals surface area contributed by atoms with E-state index in [0.29, 0.717) is 11.1 Å². The summed E-state index contributed by atoms with van der Waals surface area (Å²) in [5.74, 6) is 0. The van der Waals surface area contributed by atoms with Crippen LogP contribution in [-0.4, -0.2) is 7.58 Å². The Hall–Kier alpha value is -0.760. The predicted octanol–water partition coefficient (Wildman–Crippen LogP) is 4.50. The second kappa shape index (κ2) is 5.92. The molecule has 0 atom stereocenters. The number of carbonyl (C=O) groups excluding carboxylic acids is 2. The van der Waals surface area contributed by atoms with E-state index in [1.54, 1.807) is 57.3 Å². The van der Waals surface area contributed by atoms with E-state index < -0.39 is 0 Å². The smallest absolute Gasteiger partial charge is 0.222 e. The van der Waals surface area contributed by atoms with Gasteiger partial charge in [0.15, 0.2) is 0 Å². The Kier molecular flexibility index (Phi) is 4.50. The number of hydrogen-bond donors (Lipinski definition) is 0. The first-order valence-corrected chi connectivity index (χ1v) is 7.34. The molecule has 0 N–H and O–H groups in total. The fourth-order valence-corrected chi connectivity index (χ4v) is 2.31. The minimum absolute atomic E-state index is 0.00979. The molecule has 0 heterocycles. The average molecular weight is 462 g/mol. The molecule has 2 rings (SSSR count). The van der Waals surface area contributed by atoms with E-state index in [0.717, 1.165) is 11.1 Å². The molecule has 0 spiro atoms. The number of hydrogen-bond acceptors (Lipinski definition) is 2. The highest BCUT2D eigenvalue weighted by molar-refractivity contribution is 14.1. The van der Waals surface area contributed by atoms with Gasteiger partial charge in [0, 0.05) is 56.3 Å². The van der Waals surface area contributed by atoms with E-state index in [1.807, 2.05) is 36.4 Å². The highest BCUT2D eigenvalue weighted by atomic mass is 127. The summed E-state index contributed by atoms with van der Waals surface area (Å²) < 4.78 is 0.0196. The van der Waals surface area contributed by atoms with E-state index in [2.05, 4.69) is 0 Å². The summed E-state index contributed by atoms with van der Waals surface area (Å²) in [5.41, 5.74) is 3.22. The molecule has 0 saturated heterocycles. The highest BCUT2D eigenvalue weighted by Crippen LogP contribution is 2.23. The number of rotatable bonds is 3. The van der Waals surface area contributed by atoms with Gasteiger partial charge in [-0.2, -0.15) is 0 Å². The molecule has 0 saturated carbocycles. The third kappa shape index (κ3) is 3.17. The third-order valence-corrected chi connectivity index (χ3v) is 3.76. The maximum absolute atomic E-state index is 11.3. The molecular weight excluding hydrogens is 454 g/mol. The number of carbonyl (C=O) groups is 2. The largest absolute Gasteiger partial charge is 0.282 e. The summed E-state index contributed by atoms with van der Waals surface area (Å²) >= 11 is 3.53. The molecule has 18 heavy (non-hydrogen) atoms. The molecule has 0 aromatic heterocycles. The van der Waals surface area contributed by atoms with Crippen LogP contribution in [0.2, 0.25) is 0 Å². The Labute approximate surface area is 132 Å². The Balaban J connectivity index is 2.48. The van der Waals surface area contributed by atoms with Crippen LogP contribution in [0.5, 0.6) is 0 Å². The molecular formula is C14H8I2O2. The van der Waals surface area contributed by atoms with Crippen LogP contribution in [0.1, 0.15) is 20.7 Å². The van der Waals surface area contributed by atoms with Crippen molar-refractivity contribution in [2.24, 2.45) is 0 Å². The van der Waals surface area contributed by atoms with Crippen molar-refractivity contribution in [2.75, 3.05) is 0 Å². The minimum atomic E-state index is 0.00979. The molecule has 0 bridgehead atoms. The van der Waals surface area contributed by atoms with Crippen molar-refractivity contribution in [3.05, 3.63) is 59.7 Å². The highest BCUT2D eigenvalue weighted by Gasteiger charge is 2.06. The maximum Gasteiger partial charge on any atom is 0.222 e. The Morgan fingerprint density at radius 2 is 1.11 bits per heavy atom. The van der Waals surface area contributed by atoms with Crippen LogP contribution in [0.4, 0.5) is 0 Å². The van der Waals surface area contributed by atoms with Crippen molar-refractivity contribution in [3.8, 4) is 11.1 Å². The molecule has 2 aromatic carbocycles. The summed E-state index contributed by atoms with van der Waals surface area (Å²) in [7, 11) is 0. The number of benzene rings is 2. The van der Waals surface area contributed by atoms with Crippen LogP contribution < -0.4 is 0 Å². The van der Waals surface area contributed by atoms with Gasteiger partial charge in [-0.3, -0.25) is 9.59 Å². The van der Waals surface area contributed by atoms with E-state index in [9.17, 15) is 9.59 Å². The fourth-order valence-electron chi connectivity index (χ4n) is 1.64. The van der Waals surface area contributed by atoms with Crippen molar-refractivity contribution in [1.82, 2.24) is 0 Å². The van der Waals surface area contributed by atoms with Gasteiger partial charge in [-0.1, -0.05) is 36.4 Å². The zero-order valence-corrected chi connectivity index (χ0v) is 13.5. The van der Waals surface area contributed by atoms with Gasteiger partial charge >= 0.3 is 0 Å². The summed E-state index contributed by atoms with van der Waals surface area (Å²) in [5, 5.41) is 0. The van der Waals surface area contributed by atoms with Crippen LogP contribution in [0.3, 0.4) is 0 Å². The lowest BCUT2D eigenvalue weighted by Crippen LogP contribution is -1.90. The Bertz CT molecular complexity index is 565. The zero-order valence-electron chi connectivity index (χ0n) is 9.19. The molecule has 0 fully saturated rings. The normalized spacial score (nSPS) is 10.1. The van der Waals surface area contributed by atoms with Crippen molar-refractivity contribution in [3.63, 3.8) is 0 Å². The maximum atomic E-state index is 11.3. The molecule has 0 aliphatic rings. The lowest BCUT2D eigenvalue weighted by Gasteiger charge is -2.04. The van der Waals surface area contributed by atoms with Crippen LogP contribution in [0.15, 0.2) is 48.5 Å². The predicted molar refractivity (Wildman–Crippen MR) is 88.6 cm³/mol. The topological polar surface area (TPSA) is 34.1 Å². The van der Waals surface area contributed by atoms with Gasteiger partial charge in [0.05, 0.1) is 0 Å². The molecule has 0 unspecified atom stereocenters. The van der Waals surface area contributed by atoms with Gasteiger partial charge in [0.1, 0.15) is 0 Å². The molecule has 2 nitrogen and oxygen atoms in total. The van der Waals surface area contributed by atoms with E-state index in [1.165, 1.54) is 0 Å². The van der Waals surface area contributed by atoms with Crippen LogP contribution in [0, 0.1) is 0 Å². The van der Waals surface area contributed by atoms with Gasteiger partial charge in [-0.15, -0.1) is 0 Å². The van der Waals surface area contributed by atoms with Crippen molar-refractivity contribution < 1.29 is 9.59 Å². The van der Waals surface area contributed by atoms with Gasteiger partial charge in [-0.05, 0) is 23.3 Å². The van der Waals surface area contributed by atoms with Crippen molar-refractivity contribution in [1.29, 1.82) is 0 Å². The van der Waals surface area contributed by atoms with Crippen molar-refractivity contribution in [2.45, 2.75) is 0 Å². The summed E-state index contributed by atoms with van der Waals surface area (Å²) in [6.07, 6.45) is 0. The summed E-state index contributed by atoms with van der Waals surface area (Å²) in [4.78, 5) is 22.7. The average Bonchev–Trinajstić information content (AvgIpc) is 2.39. The fraction of sp³-hybridized carbons (Fsp3) is 0. The lowest BCUT2D eigenvalue weighted by molar-refractivity contribution is 0.109. The zero-order chi connectivity index (χ0) is 13.1. The SMILES string of the molecule is O=C(I)c1cccc(-c2cccc(C(=O)I)c2)c1. The first kappa shape index (κ1) is 13.7. The molecule has 0 aliphatic heterocycles. The quantitative estimate of drug-likeness (QED) is 0.498. The van der Waals surface area contributed by atoms with Crippen LogP contribution in [0.25, 0.3) is 11.1 Å². The molecule has 90 valence electrons. The second-order valence-corrected chi connectivity index (χ2v) is 5.67. The Morgan fingerprint density at radius 3 is 1.44 bits per heavy atom. The molecule has 0 aliphatic carbocycles. The summed E-state index contributed by atoms with van der Waals surface area (Å²) in [6.45, 7) is 0. The monoisotopic (exact) mass is 462 g/mol. The Morgan fingerprint density at radius 1 is 0.722 bits per heavy atom. The van der Waals surface area contributed by atoms with E-state index >= 15 is 0 Å². The number of halogens is 2. The first-order chi connectivity index (χ1) is 8.58. The second-order valence-electron chi connectivity index (χ2n) is 3.71. The minimum Gasteiger partial charge on any atom is -0.282 e. The van der Waals surface area contributed by atoms with Crippen molar-refractivity contribution >= 4 is 52.8 Å². The van der Waals surface area contributed by atoms with Crippen LogP contribution >= 0.6 is 45.2 Å². The van der Waals surface area contributed by atoms with E-state index in [4.69, 9.17) is 0 Å². The van der Waals surface area contributed by atoms with Gasteiger partial charge < -0.3 is 0 Å². The summed E-state index contributed by atoms with van der Waals surface area (Å²) in [6, 6.07) is 14.8. The van der Waals surface area contributed by atoms with E-state index in [-0.39, 0.29) is 7.58 Å². The molecule has 2 aromatic rings. The first-order valence-electron chi connectivity index (χ1n) is 5.18. The molecule has 0 radical (unpaired) electrons. The molecule has 0 amide bonds.